The van der Waals surface area contributed by atoms with E-state index >= 15 is 0 Å². The van der Waals surface area contributed by atoms with Crippen LogP contribution in [0.15, 0.2) is 24.5 Å². The van der Waals surface area contributed by atoms with Gasteiger partial charge in [-0.15, -0.1) is 0 Å². The van der Waals surface area contributed by atoms with Crippen LogP contribution in [0.3, 0.4) is 0 Å². The van der Waals surface area contributed by atoms with Gasteiger partial charge in [0.25, 0.3) is 0 Å². The van der Waals surface area contributed by atoms with Crippen LogP contribution in [-0.4, -0.2) is 66.3 Å². The molecule has 3 unspecified atom stereocenters. The third kappa shape index (κ3) is 1.23. The highest BCUT2D eigenvalue weighted by Crippen LogP contribution is 2.58. The van der Waals surface area contributed by atoms with Gasteiger partial charge in [-0.1, -0.05) is 0 Å². The van der Waals surface area contributed by atoms with Crippen molar-refractivity contribution >= 4 is 0 Å². The van der Waals surface area contributed by atoms with Crippen LogP contribution < -0.4 is 0 Å². The summed E-state index contributed by atoms with van der Waals surface area (Å²) < 4.78 is 6.11. The summed E-state index contributed by atoms with van der Waals surface area (Å²) in [4.78, 5) is 9.51. The molecule has 4 heteroatoms. The maximum atomic E-state index is 6.11. The van der Waals surface area contributed by atoms with Crippen LogP contribution >= 0.6 is 0 Å². The summed E-state index contributed by atoms with van der Waals surface area (Å²) in [5.41, 5.74) is 1.74. The molecule has 6 heterocycles. The summed E-state index contributed by atoms with van der Waals surface area (Å²) in [5, 5.41) is 0. The monoisotopic (exact) mass is 257 g/mol. The molecule has 5 fully saturated rings. The van der Waals surface area contributed by atoms with E-state index in [0.717, 1.165) is 19.7 Å². The van der Waals surface area contributed by atoms with Gasteiger partial charge < -0.3 is 14.5 Å². The molecular weight excluding hydrogens is 238 g/mol. The molecule has 0 aromatic carbocycles. The lowest BCUT2D eigenvalue weighted by atomic mass is 9.60. The van der Waals surface area contributed by atoms with E-state index in [0.29, 0.717) is 5.92 Å². The number of pyridine rings is 1. The Balaban J connectivity index is 1.71. The predicted molar refractivity (Wildman–Crippen MR) is 71.0 cm³/mol. The lowest BCUT2D eigenvalue weighted by Gasteiger charge is -2.54. The van der Waals surface area contributed by atoms with Crippen LogP contribution in [0.1, 0.15) is 5.56 Å². The fourth-order valence-corrected chi connectivity index (χ4v) is 4.89. The summed E-state index contributed by atoms with van der Waals surface area (Å²) in [7, 11) is 0. The van der Waals surface area contributed by atoms with Gasteiger partial charge in [0.05, 0.1) is 12.0 Å². The number of ether oxygens (including phenoxy) is 1. The van der Waals surface area contributed by atoms with Crippen molar-refractivity contribution in [3.63, 3.8) is 0 Å². The molecule has 0 N–H and O–H groups in total. The van der Waals surface area contributed by atoms with Crippen molar-refractivity contribution in [2.24, 2.45) is 5.92 Å². The second-order valence-corrected chi connectivity index (χ2v) is 6.66. The third-order valence-electron chi connectivity index (χ3n) is 5.83. The Kier molecular flexibility index (Phi) is 1.91. The quantitative estimate of drug-likeness (QED) is 0.680. The van der Waals surface area contributed by atoms with Crippen molar-refractivity contribution in [2.45, 2.75) is 11.0 Å². The van der Waals surface area contributed by atoms with Gasteiger partial charge in [0.2, 0.25) is 0 Å². The Morgan fingerprint density at radius 3 is 2.32 bits per heavy atom. The van der Waals surface area contributed by atoms with E-state index in [1.54, 1.807) is 0 Å². The zero-order valence-corrected chi connectivity index (χ0v) is 11.1. The van der Waals surface area contributed by atoms with Crippen molar-refractivity contribution in [2.75, 3.05) is 45.9 Å². The number of piperidine rings is 2. The minimum atomic E-state index is 0.131. The number of epoxide rings is 1. The van der Waals surface area contributed by atoms with E-state index in [1.807, 2.05) is 12.4 Å². The van der Waals surface area contributed by atoms with E-state index in [9.17, 15) is 0 Å². The van der Waals surface area contributed by atoms with Crippen LogP contribution in [0, 0.1) is 5.92 Å². The third-order valence-corrected chi connectivity index (χ3v) is 5.83. The maximum absolute atomic E-state index is 6.11. The molecule has 1 spiro atoms. The lowest BCUT2D eigenvalue weighted by Crippen LogP contribution is -2.68. The van der Waals surface area contributed by atoms with Crippen LogP contribution in [0.25, 0.3) is 0 Å². The van der Waals surface area contributed by atoms with Crippen LogP contribution in [-0.2, 0) is 10.2 Å². The van der Waals surface area contributed by atoms with Gasteiger partial charge in [-0.2, -0.15) is 0 Å². The summed E-state index contributed by atoms with van der Waals surface area (Å²) in [6.07, 6.45) is 3.87. The molecular formula is C15H19N3O. The molecule has 3 atom stereocenters. The average molecular weight is 257 g/mol. The van der Waals surface area contributed by atoms with E-state index in [-0.39, 0.29) is 11.0 Å². The predicted octanol–water partition coefficient (Wildman–Crippen LogP) is 0.349. The minimum absolute atomic E-state index is 0.131. The molecule has 100 valence electrons. The molecule has 0 saturated carbocycles. The first-order valence-corrected chi connectivity index (χ1v) is 7.32. The molecule has 5 aliphatic heterocycles. The molecule has 4 nitrogen and oxygen atoms in total. The lowest BCUT2D eigenvalue weighted by molar-refractivity contribution is -0.0310. The average Bonchev–Trinajstić information content (AvgIpc) is 3.21. The largest absolute Gasteiger partial charge is 0.368 e. The van der Waals surface area contributed by atoms with Gasteiger partial charge in [0.15, 0.2) is 0 Å². The highest BCUT2D eigenvalue weighted by molar-refractivity contribution is 5.38. The molecule has 1 aromatic heterocycles. The van der Waals surface area contributed by atoms with E-state index in [2.05, 4.69) is 26.9 Å². The number of nitrogens with zero attached hydrogens (tertiary/aromatic N) is 3. The number of hydrogen-bond acceptors (Lipinski definition) is 4. The summed E-state index contributed by atoms with van der Waals surface area (Å²) in [6, 6.07) is 4.41. The number of fused-ring (bicyclic) bond motifs is 1. The Morgan fingerprint density at radius 2 is 1.74 bits per heavy atom. The van der Waals surface area contributed by atoms with Crippen molar-refractivity contribution in [1.82, 2.24) is 14.8 Å². The van der Waals surface area contributed by atoms with Gasteiger partial charge in [0, 0.05) is 57.6 Å². The van der Waals surface area contributed by atoms with Crippen LogP contribution in [0.2, 0.25) is 0 Å². The summed E-state index contributed by atoms with van der Waals surface area (Å²) >= 11 is 0. The van der Waals surface area contributed by atoms with E-state index in [1.165, 1.54) is 31.7 Å². The smallest absolute Gasteiger partial charge is 0.109 e. The van der Waals surface area contributed by atoms with Gasteiger partial charge in [-0.3, -0.25) is 4.98 Å². The molecule has 5 aliphatic rings. The number of hydrogen-bond donors (Lipinski definition) is 0. The second-order valence-electron chi connectivity index (χ2n) is 6.66. The molecule has 0 aliphatic carbocycles. The fourth-order valence-electron chi connectivity index (χ4n) is 4.89. The first-order chi connectivity index (χ1) is 9.32. The fraction of sp³-hybridized carbons (Fsp3) is 0.667. The molecule has 0 amide bonds. The van der Waals surface area contributed by atoms with Crippen molar-refractivity contribution in [3.05, 3.63) is 30.1 Å². The molecule has 4 bridgehead atoms. The molecule has 6 rings (SSSR count). The topological polar surface area (TPSA) is 31.9 Å². The molecule has 19 heavy (non-hydrogen) atoms. The minimum Gasteiger partial charge on any atom is -0.368 e. The van der Waals surface area contributed by atoms with E-state index < -0.39 is 0 Å². The Bertz CT molecular complexity index is 497. The first kappa shape index (κ1) is 10.8. The normalized spacial score (nSPS) is 50.4. The summed E-state index contributed by atoms with van der Waals surface area (Å²) in [5.74, 6) is 0.686. The Hall–Kier alpha value is -0.970. The second kappa shape index (κ2) is 3.37. The Labute approximate surface area is 113 Å². The van der Waals surface area contributed by atoms with Crippen molar-refractivity contribution < 1.29 is 4.74 Å². The first-order valence-electron chi connectivity index (χ1n) is 7.32. The molecule has 1 aromatic rings. The SMILES string of the molecule is c1cc(C23CN4CCN(CC(C4)C24CO4)C3)ccn1. The highest BCUT2D eigenvalue weighted by Gasteiger charge is 2.71. The van der Waals surface area contributed by atoms with Gasteiger partial charge in [-0.25, -0.2) is 0 Å². The van der Waals surface area contributed by atoms with Gasteiger partial charge in [0.1, 0.15) is 5.60 Å². The highest BCUT2D eigenvalue weighted by atomic mass is 16.6. The number of aromatic nitrogens is 1. The maximum Gasteiger partial charge on any atom is 0.109 e. The van der Waals surface area contributed by atoms with Crippen molar-refractivity contribution in [3.8, 4) is 0 Å². The summed E-state index contributed by atoms with van der Waals surface area (Å²) in [6.45, 7) is 8.17. The number of rotatable bonds is 1. The Morgan fingerprint density at radius 1 is 1.11 bits per heavy atom. The molecule has 5 saturated heterocycles. The standard InChI is InChI=1S/C15H19N3O/c1-3-16-4-2-12(1)14-9-17-5-6-18(10-14)8-13(7-17)15(14)11-19-15/h1-4,13H,5-11H2. The van der Waals surface area contributed by atoms with Gasteiger partial charge in [-0.05, 0) is 17.7 Å². The zero-order chi connectivity index (χ0) is 12.5. The zero-order valence-electron chi connectivity index (χ0n) is 11.1. The van der Waals surface area contributed by atoms with Crippen molar-refractivity contribution in [1.29, 1.82) is 0 Å². The van der Waals surface area contributed by atoms with Crippen LogP contribution in [0.4, 0.5) is 0 Å². The van der Waals surface area contributed by atoms with Crippen LogP contribution in [0.5, 0.6) is 0 Å². The van der Waals surface area contributed by atoms with E-state index in [4.69, 9.17) is 4.74 Å². The van der Waals surface area contributed by atoms with Gasteiger partial charge >= 0.3 is 0 Å². The molecule has 0 radical (unpaired) electrons.